The number of fused-ring (bicyclic) bond motifs is 1. The van der Waals surface area contributed by atoms with E-state index in [2.05, 4.69) is 19.1 Å². The smallest absolute Gasteiger partial charge is 0.0632 e. The summed E-state index contributed by atoms with van der Waals surface area (Å²) in [7, 11) is 0. The number of hydrogen-bond donors (Lipinski definition) is 2. The van der Waals surface area contributed by atoms with Crippen molar-refractivity contribution in [2.45, 2.75) is 13.0 Å². The van der Waals surface area contributed by atoms with Gasteiger partial charge < -0.3 is 10.8 Å². The van der Waals surface area contributed by atoms with Crippen LogP contribution in [0.3, 0.4) is 0 Å². The molecule has 0 bridgehead atoms. The van der Waals surface area contributed by atoms with Crippen molar-refractivity contribution < 1.29 is 5.11 Å². The van der Waals surface area contributed by atoms with Crippen LogP contribution in [-0.2, 0) is 0 Å². The van der Waals surface area contributed by atoms with Crippen LogP contribution in [-0.4, -0.2) is 11.7 Å². The fraction of sp³-hybridized carbons (Fsp3) is 0.273. The average Bonchev–Trinajstić information content (AvgIpc) is 2.56. The standard InChI is InChI=1S/C11H13NOS/c1-7-8-4-2-3-5-10(8)14-11(7)9(12)6-13/h2-5,9,13H,6,12H2,1H3. The highest BCUT2D eigenvalue weighted by Crippen LogP contribution is 2.33. The molecule has 0 aliphatic heterocycles. The Morgan fingerprint density at radius 1 is 1.43 bits per heavy atom. The second-order valence-corrected chi connectivity index (χ2v) is 4.46. The molecule has 1 aromatic heterocycles. The van der Waals surface area contributed by atoms with E-state index in [1.807, 2.05) is 12.1 Å². The Kier molecular flexibility index (Phi) is 2.54. The van der Waals surface area contributed by atoms with E-state index in [0.29, 0.717) is 0 Å². The number of thiophene rings is 1. The predicted molar refractivity (Wildman–Crippen MR) is 60.6 cm³/mol. The lowest BCUT2D eigenvalue weighted by Crippen LogP contribution is -2.13. The summed E-state index contributed by atoms with van der Waals surface area (Å²) >= 11 is 1.67. The quantitative estimate of drug-likeness (QED) is 0.793. The molecule has 2 nitrogen and oxygen atoms in total. The molecular formula is C11H13NOS. The minimum atomic E-state index is -0.243. The first-order chi connectivity index (χ1) is 6.74. The minimum Gasteiger partial charge on any atom is -0.394 e. The highest BCUT2D eigenvalue weighted by atomic mass is 32.1. The van der Waals surface area contributed by atoms with E-state index in [0.717, 1.165) is 4.88 Å². The van der Waals surface area contributed by atoms with Gasteiger partial charge in [-0.15, -0.1) is 11.3 Å². The van der Waals surface area contributed by atoms with Crippen LogP contribution in [0.4, 0.5) is 0 Å². The number of benzene rings is 1. The van der Waals surface area contributed by atoms with Crippen LogP contribution in [0.2, 0.25) is 0 Å². The first-order valence-corrected chi connectivity index (χ1v) is 5.40. The number of aliphatic hydroxyl groups is 1. The van der Waals surface area contributed by atoms with Crippen LogP contribution in [0.15, 0.2) is 24.3 Å². The van der Waals surface area contributed by atoms with Gasteiger partial charge in [-0.25, -0.2) is 0 Å². The van der Waals surface area contributed by atoms with E-state index in [-0.39, 0.29) is 12.6 Å². The fourth-order valence-electron chi connectivity index (χ4n) is 1.63. The molecule has 2 rings (SSSR count). The molecule has 0 aliphatic carbocycles. The van der Waals surface area contributed by atoms with Gasteiger partial charge in [0.15, 0.2) is 0 Å². The molecule has 0 saturated carbocycles. The zero-order valence-corrected chi connectivity index (χ0v) is 8.84. The van der Waals surface area contributed by atoms with Crippen molar-refractivity contribution in [1.29, 1.82) is 0 Å². The molecule has 1 atom stereocenters. The highest BCUT2D eigenvalue weighted by molar-refractivity contribution is 7.19. The Balaban J connectivity index is 2.62. The molecule has 0 saturated heterocycles. The Morgan fingerprint density at radius 2 is 2.14 bits per heavy atom. The predicted octanol–water partition coefficient (Wildman–Crippen LogP) is 2.20. The normalized spacial score (nSPS) is 13.4. The first kappa shape index (κ1) is 9.65. The molecular weight excluding hydrogens is 194 g/mol. The van der Waals surface area contributed by atoms with E-state index in [4.69, 9.17) is 10.8 Å². The molecule has 74 valence electrons. The number of aryl methyl sites for hydroxylation is 1. The molecule has 0 amide bonds. The van der Waals surface area contributed by atoms with Crippen molar-refractivity contribution >= 4 is 21.4 Å². The van der Waals surface area contributed by atoms with E-state index in [1.165, 1.54) is 15.6 Å². The van der Waals surface area contributed by atoms with E-state index in [1.54, 1.807) is 11.3 Å². The van der Waals surface area contributed by atoms with Gasteiger partial charge in [0.1, 0.15) is 0 Å². The van der Waals surface area contributed by atoms with Gasteiger partial charge in [-0.3, -0.25) is 0 Å². The lowest BCUT2D eigenvalue weighted by molar-refractivity contribution is 0.269. The van der Waals surface area contributed by atoms with Gasteiger partial charge in [0, 0.05) is 9.58 Å². The van der Waals surface area contributed by atoms with E-state index >= 15 is 0 Å². The van der Waals surface area contributed by atoms with Crippen molar-refractivity contribution in [2.75, 3.05) is 6.61 Å². The third kappa shape index (κ3) is 1.43. The van der Waals surface area contributed by atoms with Gasteiger partial charge in [0.25, 0.3) is 0 Å². The Hall–Kier alpha value is -0.900. The van der Waals surface area contributed by atoms with Crippen LogP contribution in [0.5, 0.6) is 0 Å². The van der Waals surface area contributed by atoms with Crippen LogP contribution in [0.1, 0.15) is 16.5 Å². The molecule has 2 aromatic rings. The van der Waals surface area contributed by atoms with Gasteiger partial charge in [-0.2, -0.15) is 0 Å². The summed E-state index contributed by atoms with van der Waals surface area (Å²) in [6.45, 7) is 2.07. The molecule has 0 spiro atoms. The monoisotopic (exact) mass is 207 g/mol. The number of rotatable bonds is 2. The third-order valence-electron chi connectivity index (χ3n) is 2.41. The van der Waals surface area contributed by atoms with Crippen LogP contribution < -0.4 is 5.73 Å². The molecule has 14 heavy (non-hydrogen) atoms. The SMILES string of the molecule is Cc1c(C(N)CO)sc2ccccc12. The van der Waals surface area contributed by atoms with Crippen LogP contribution >= 0.6 is 11.3 Å². The molecule has 1 heterocycles. The molecule has 1 unspecified atom stereocenters. The molecule has 0 fully saturated rings. The van der Waals surface area contributed by atoms with Gasteiger partial charge in [0.2, 0.25) is 0 Å². The van der Waals surface area contributed by atoms with Crippen molar-refractivity contribution in [2.24, 2.45) is 5.73 Å². The van der Waals surface area contributed by atoms with E-state index in [9.17, 15) is 0 Å². The van der Waals surface area contributed by atoms with Crippen LogP contribution in [0.25, 0.3) is 10.1 Å². The maximum absolute atomic E-state index is 9.02. The van der Waals surface area contributed by atoms with Gasteiger partial charge in [-0.1, -0.05) is 18.2 Å². The van der Waals surface area contributed by atoms with Crippen molar-refractivity contribution in [1.82, 2.24) is 0 Å². The molecule has 1 aromatic carbocycles. The largest absolute Gasteiger partial charge is 0.394 e. The first-order valence-electron chi connectivity index (χ1n) is 4.58. The summed E-state index contributed by atoms with van der Waals surface area (Å²) in [5.74, 6) is 0. The van der Waals surface area contributed by atoms with Crippen molar-refractivity contribution in [3.8, 4) is 0 Å². The van der Waals surface area contributed by atoms with Crippen LogP contribution in [0, 0.1) is 6.92 Å². The summed E-state index contributed by atoms with van der Waals surface area (Å²) in [5.41, 5.74) is 7.02. The maximum Gasteiger partial charge on any atom is 0.0632 e. The van der Waals surface area contributed by atoms with Gasteiger partial charge >= 0.3 is 0 Å². The molecule has 3 N–H and O–H groups in total. The second kappa shape index (κ2) is 3.69. The zero-order valence-electron chi connectivity index (χ0n) is 8.03. The number of aliphatic hydroxyl groups excluding tert-OH is 1. The number of hydrogen-bond acceptors (Lipinski definition) is 3. The second-order valence-electron chi connectivity index (χ2n) is 3.38. The summed E-state index contributed by atoms with van der Waals surface area (Å²) in [5, 5.41) is 10.3. The van der Waals surface area contributed by atoms with Crippen molar-refractivity contribution in [3.63, 3.8) is 0 Å². The third-order valence-corrected chi connectivity index (χ3v) is 3.82. The lowest BCUT2D eigenvalue weighted by Gasteiger charge is -2.05. The summed E-state index contributed by atoms with van der Waals surface area (Å²) in [6, 6.07) is 7.98. The van der Waals surface area contributed by atoms with Crippen molar-refractivity contribution in [3.05, 3.63) is 34.7 Å². The fourth-order valence-corrected chi connectivity index (χ4v) is 2.83. The zero-order chi connectivity index (χ0) is 10.1. The Labute approximate surface area is 87.0 Å². The summed E-state index contributed by atoms with van der Waals surface area (Å²) in [4.78, 5) is 1.09. The lowest BCUT2D eigenvalue weighted by atomic mass is 10.1. The molecule has 0 aliphatic rings. The topological polar surface area (TPSA) is 46.2 Å². The molecule has 0 radical (unpaired) electrons. The maximum atomic E-state index is 9.02. The molecule has 3 heteroatoms. The number of nitrogens with two attached hydrogens (primary N) is 1. The van der Waals surface area contributed by atoms with Gasteiger partial charge in [-0.05, 0) is 23.9 Å². The minimum absolute atomic E-state index is 0.00760. The van der Waals surface area contributed by atoms with E-state index < -0.39 is 0 Å². The Bertz CT molecular complexity index is 449. The highest BCUT2D eigenvalue weighted by Gasteiger charge is 2.13. The summed E-state index contributed by atoms with van der Waals surface area (Å²) in [6.07, 6.45) is 0. The Morgan fingerprint density at radius 3 is 2.79 bits per heavy atom. The summed E-state index contributed by atoms with van der Waals surface area (Å²) < 4.78 is 1.24. The average molecular weight is 207 g/mol. The van der Waals surface area contributed by atoms with Gasteiger partial charge in [0.05, 0.1) is 12.6 Å².